The highest BCUT2D eigenvalue weighted by atomic mass is 16.5. The van der Waals surface area contributed by atoms with Crippen molar-refractivity contribution in [1.82, 2.24) is 14.7 Å². The maximum absolute atomic E-state index is 13.4. The van der Waals surface area contributed by atoms with Gasteiger partial charge in [0.1, 0.15) is 5.76 Å². The predicted octanol–water partition coefficient (Wildman–Crippen LogP) is 3.16. The molecule has 0 spiro atoms. The van der Waals surface area contributed by atoms with Crippen molar-refractivity contribution in [2.45, 2.75) is 38.8 Å². The topological polar surface area (TPSA) is 66.2 Å². The van der Waals surface area contributed by atoms with Crippen LogP contribution in [-0.4, -0.2) is 72.5 Å². The van der Waals surface area contributed by atoms with Crippen molar-refractivity contribution in [3.8, 4) is 0 Å². The van der Waals surface area contributed by atoms with Crippen molar-refractivity contribution in [1.29, 1.82) is 0 Å². The van der Waals surface area contributed by atoms with E-state index in [1.54, 1.807) is 16.1 Å². The van der Waals surface area contributed by atoms with Gasteiger partial charge in [-0.15, -0.1) is 0 Å². The zero-order valence-corrected chi connectivity index (χ0v) is 19.4. The molecular weight excluding hydrogens is 418 g/mol. The molecule has 2 fully saturated rings. The second-order valence-electron chi connectivity index (χ2n) is 9.01. The number of amides is 2. The van der Waals surface area contributed by atoms with Crippen LogP contribution in [0.2, 0.25) is 0 Å². The monoisotopic (exact) mass is 453 g/mol. The molecule has 7 nitrogen and oxygen atoms in total. The Balaban J connectivity index is 1.40. The van der Waals surface area contributed by atoms with Gasteiger partial charge < -0.3 is 19.0 Å². The molecular formula is C26H35N3O4. The van der Waals surface area contributed by atoms with E-state index in [9.17, 15) is 9.59 Å². The van der Waals surface area contributed by atoms with Crippen LogP contribution in [0.3, 0.4) is 0 Å². The third kappa shape index (κ3) is 6.92. The molecule has 2 aliphatic rings. The molecule has 7 heteroatoms. The van der Waals surface area contributed by atoms with Gasteiger partial charge in [-0.25, -0.2) is 0 Å². The summed E-state index contributed by atoms with van der Waals surface area (Å²) < 4.78 is 10.9. The maximum atomic E-state index is 13.4. The van der Waals surface area contributed by atoms with Crippen LogP contribution in [0.25, 0.3) is 0 Å². The summed E-state index contributed by atoms with van der Waals surface area (Å²) >= 11 is 0. The Kier molecular flexibility index (Phi) is 8.55. The molecule has 0 atom stereocenters. The number of morpholine rings is 1. The first-order valence-electron chi connectivity index (χ1n) is 12.1. The molecule has 178 valence electrons. The molecule has 1 aromatic heterocycles. The standard InChI is InChI=1S/C26H35N3O4/c30-25(29(20-24-11-5-16-33-24)19-22-7-2-1-3-8-22)21-28(26(31)23-9-4-10-23)13-6-12-27-14-17-32-18-15-27/h1-3,5,7-8,11,16,23H,4,6,9-10,12-15,17-21H2. The molecule has 2 amide bonds. The fraction of sp³-hybridized carbons (Fsp3) is 0.538. The van der Waals surface area contributed by atoms with Gasteiger partial charge in [0.25, 0.3) is 0 Å². The molecule has 1 saturated heterocycles. The van der Waals surface area contributed by atoms with Crippen LogP contribution in [0.5, 0.6) is 0 Å². The number of benzene rings is 1. The quantitative estimate of drug-likeness (QED) is 0.523. The number of rotatable bonds is 11. The third-order valence-electron chi connectivity index (χ3n) is 6.59. The fourth-order valence-electron chi connectivity index (χ4n) is 4.38. The number of carbonyl (C=O) groups excluding carboxylic acids is 2. The zero-order valence-electron chi connectivity index (χ0n) is 19.4. The second-order valence-corrected chi connectivity index (χ2v) is 9.01. The first-order valence-corrected chi connectivity index (χ1v) is 12.1. The van der Waals surface area contributed by atoms with Crippen molar-refractivity contribution in [3.05, 3.63) is 60.1 Å². The molecule has 0 bridgehead atoms. The minimum absolute atomic E-state index is 0.0469. The van der Waals surface area contributed by atoms with Crippen molar-refractivity contribution in [2.24, 2.45) is 5.92 Å². The molecule has 2 aromatic rings. The maximum Gasteiger partial charge on any atom is 0.242 e. The van der Waals surface area contributed by atoms with E-state index in [-0.39, 0.29) is 24.3 Å². The van der Waals surface area contributed by atoms with Gasteiger partial charge in [-0.3, -0.25) is 14.5 Å². The average molecular weight is 454 g/mol. The van der Waals surface area contributed by atoms with Gasteiger partial charge in [0.2, 0.25) is 11.8 Å². The van der Waals surface area contributed by atoms with E-state index in [2.05, 4.69) is 4.90 Å². The van der Waals surface area contributed by atoms with Gasteiger partial charge in [-0.05, 0) is 37.0 Å². The van der Waals surface area contributed by atoms with E-state index >= 15 is 0 Å². The Morgan fingerprint density at radius 2 is 1.76 bits per heavy atom. The zero-order chi connectivity index (χ0) is 22.9. The molecule has 0 unspecified atom stereocenters. The average Bonchev–Trinajstić information content (AvgIpc) is 3.31. The highest BCUT2D eigenvalue weighted by molar-refractivity contribution is 5.86. The van der Waals surface area contributed by atoms with E-state index < -0.39 is 0 Å². The summed E-state index contributed by atoms with van der Waals surface area (Å²) in [5.41, 5.74) is 1.06. The summed E-state index contributed by atoms with van der Waals surface area (Å²) in [4.78, 5) is 32.5. The molecule has 1 saturated carbocycles. The first kappa shape index (κ1) is 23.5. The van der Waals surface area contributed by atoms with E-state index in [1.165, 1.54) is 0 Å². The number of nitrogens with zero attached hydrogens (tertiary/aromatic N) is 3. The summed E-state index contributed by atoms with van der Waals surface area (Å²) in [5, 5.41) is 0. The lowest BCUT2D eigenvalue weighted by Gasteiger charge is -2.34. The number of furan rings is 1. The molecule has 1 aromatic carbocycles. The Bertz CT molecular complexity index is 861. The van der Waals surface area contributed by atoms with Crippen molar-refractivity contribution in [3.63, 3.8) is 0 Å². The Morgan fingerprint density at radius 3 is 2.42 bits per heavy atom. The van der Waals surface area contributed by atoms with Crippen LogP contribution in [0.1, 0.15) is 37.0 Å². The van der Waals surface area contributed by atoms with Crippen LogP contribution in [0, 0.1) is 5.92 Å². The third-order valence-corrected chi connectivity index (χ3v) is 6.59. The Morgan fingerprint density at radius 1 is 0.970 bits per heavy atom. The summed E-state index contributed by atoms with van der Waals surface area (Å²) in [5.74, 6) is 0.904. The van der Waals surface area contributed by atoms with Crippen LogP contribution >= 0.6 is 0 Å². The lowest BCUT2D eigenvalue weighted by molar-refractivity contribution is -0.145. The lowest BCUT2D eigenvalue weighted by Crippen LogP contribution is -2.47. The van der Waals surface area contributed by atoms with Crippen LogP contribution < -0.4 is 0 Å². The number of carbonyl (C=O) groups is 2. The van der Waals surface area contributed by atoms with Crippen molar-refractivity contribution in [2.75, 3.05) is 45.9 Å². The molecule has 1 aliphatic heterocycles. The number of hydrogen-bond acceptors (Lipinski definition) is 5. The number of hydrogen-bond donors (Lipinski definition) is 0. The molecule has 1 aliphatic carbocycles. The lowest BCUT2D eigenvalue weighted by atomic mass is 9.84. The van der Waals surface area contributed by atoms with Gasteiger partial charge in [-0.2, -0.15) is 0 Å². The Hall–Kier alpha value is -2.64. The second kappa shape index (κ2) is 12.0. The molecule has 0 N–H and O–H groups in total. The SMILES string of the molecule is O=C(CN(CCCN1CCOCC1)C(=O)C1CCC1)N(Cc1ccccc1)Cc1ccco1. The summed E-state index contributed by atoms with van der Waals surface area (Å²) in [6.45, 7) is 5.93. The number of ether oxygens (including phenoxy) is 1. The Labute approximate surface area is 196 Å². The van der Waals surface area contributed by atoms with Crippen LogP contribution in [0.4, 0.5) is 0 Å². The van der Waals surface area contributed by atoms with Gasteiger partial charge in [-0.1, -0.05) is 36.8 Å². The molecule has 4 rings (SSSR count). The largest absolute Gasteiger partial charge is 0.467 e. The van der Waals surface area contributed by atoms with Crippen molar-refractivity contribution >= 4 is 11.8 Å². The minimum atomic E-state index is -0.0469. The van der Waals surface area contributed by atoms with E-state index in [0.717, 1.165) is 69.9 Å². The highest BCUT2D eigenvalue weighted by Crippen LogP contribution is 2.28. The van der Waals surface area contributed by atoms with Crippen LogP contribution in [0.15, 0.2) is 53.1 Å². The summed E-state index contributed by atoms with van der Waals surface area (Å²) in [7, 11) is 0. The van der Waals surface area contributed by atoms with Crippen LogP contribution in [-0.2, 0) is 27.4 Å². The van der Waals surface area contributed by atoms with Gasteiger partial charge in [0.15, 0.2) is 0 Å². The van der Waals surface area contributed by atoms with Gasteiger partial charge >= 0.3 is 0 Å². The van der Waals surface area contributed by atoms with E-state index in [4.69, 9.17) is 9.15 Å². The van der Waals surface area contributed by atoms with E-state index in [0.29, 0.717) is 19.6 Å². The molecule has 0 radical (unpaired) electrons. The smallest absolute Gasteiger partial charge is 0.242 e. The first-order chi connectivity index (χ1) is 16.2. The summed E-state index contributed by atoms with van der Waals surface area (Å²) in [6.07, 6.45) is 5.46. The van der Waals surface area contributed by atoms with E-state index in [1.807, 2.05) is 42.5 Å². The minimum Gasteiger partial charge on any atom is -0.467 e. The van der Waals surface area contributed by atoms with Crippen molar-refractivity contribution < 1.29 is 18.7 Å². The normalized spacial score (nSPS) is 16.8. The predicted molar refractivity (Wildman–Crippen MR) is 125 cm³/mol. The fourth-order valence-corrected chi connectivity index (χ4v) is 4.38. The molecule has 33 heavy (non-hydrogen) atoms. The van der Waals surface area contributed by atoms with Gasteiger partial charge in [0.05, 0.1) is 32.6 Å². The highest BCUT2D eigenvalue weighted by Gasteiger charge is 2.31. The molecule has 2 heterocycles. The summed E-state index contributed by atoms with van der Waals surface area (Å²) in [6, 6.07) is 13.7. The van der Waals surface area contributed by atoms with Gasteiger partial charge in [0, 0.05) is 38.6 Å².